The number of ether oxygens (including phenoxy) is 1. The van der Waals surface area contributed by atoms with E-state index in [0.717, 1.165) is 16.5 Å². The molecule has 0 amide bonds. The SMILES string of the molecule is O=C(OCF)c1ccc2ccccc2[n+]1Cc1ccccc1. The third-order valence-electron chi connectivity index (χ3n) is 3.52. The lowest BCUT2D eigenvalue weighted by molar-refractivity contribution is -0.665. The number of hydrogen-bond acceptors (Lipinski definition) is 2. The lowest BCUT2D eigenvalue weighted by Gasteiger charge is -2.06. The molecule has 1 heterocycles. The summed E-state index contributed by atoms with van der Waals surface area (Å²) in [6.45, 7) is -0.615. The highest BCUT2D eigenvalue weighted by atomic mass is 19.1. The molecule has 1 aromatic heterocycles. The standard InChI is InChI=1S/C18H15FNO2/c19-13-22-18(21)17-11-10-15-8-4-5-9-16(15)20(17)12-14-6-2-1-3-7-14/h1-11H,12-13H2/q+1. The number of benzene rings is 2. The summed E-state index contributed by atoms with van der Waals surface area (Å²) in [6.07, 6.45) is 0. The maximum absolute atomic E-state index is 12.3. The van der Waals surface area contributed by atoms with Crippen molar-refractivity contribution in [2.45, 2.75) is 6.54 Å². The van der Waals surface area contributed by atoms with E-state index in [0.29, 0.717) is 12.2 Å². The van der Waals surface area contributed by atoms with E-state index in [1.807, 2.05) is 65.2 Å². The zero-order valence-electron chi connectivity index (χ0n) is 11.9. The van der Waals surface area contributed by atoms with Crippen molar-refractivity contribution in [1.29, 1.82) is 0 Å². The molecule has 0 aliphatic rings. The van der Waals surface area contributed by atoms with Gasteiger partial charge >= 0.3 is 5.97 Å². The van der Waals surface area contributed by atoms with Crippen molar-refractivity contribution >= 4 is 16.9 Å². The number of carbonyl (C=O) groups is 1. The van der Waals surface area contributed by atoms with Crippen LogP contribution in [0.5, 0.6) is 0 Å². The number of aromatic nitrogens is 1. The maximum Gasteiger partial charge on any atom is 0.406 e. The zero-order chi connectivity index (χ0) is 15.4. The van der Waals surface area contributed by atoms with E-state index in [1.54, 1.807) is 6.07 Å². The third kappa shape index (κ3) is 2.81. The summed E-state index contributed by atoms with van der Waals surface area (Å²) < 4.78 is 18.7. The van der Waals surface area contributed by atoms with Crippen LogP contribution in [-0.2, 0) is 11.3 Å². The largest absolute Gasteiger partial charge is 0.426 e. The number of fused-ring (bicyclic) bond motifs is 1. The summed E-state index contributed by atoms with van der Waals surface area (Å²) in [4.78, 5) is 12.0. The molecular formula is C18H15FNO2+. The number of para-hydroxylation sites is 1. The second-order valence-corrected chi connectivity index (χ2v) is 4.89. The Morgan fingerprint density at radius 1 is 0.955 bits per heavy atom. The molecule has 0 aliphatic heterocycles. The highest BCUT2D eigenvalue weighted by molar-refractivity contribution is 5.88. The topological polar surface area (TPSA) is 30.2 Å². The smallest absolute Gasteiger partial charge is 0.406 e. The molecule has 0 spiro atoms. The molecule has 110 valence electrons. The predicted molar refractivity (Wildman–Crippen MR) is 81.1 cm³/mol. The van der Waals surface area contributed by atoms with Crippen LogP contribution in [0.2, 0.25) is 0 Å². The first-order chi connectivity index (χ1) is 10.8. The Bertz CT molecular complexity index is 803. The zero-order valence-corrected chi connectivity index (χ0v) is 11.9. The number of nitrogens with zero attached hydrogens (tertiary/aromatic N) is 1. The molecule has 0 saturated heterocycles. The van der Waals surface area contributed by atoms with Crippen LogP contribution in [0, 0.1) is 0 Å². The number of halogens is 1. The van der Waals surface area contributed by atoms with E-state index in [2.05, 4.69) is 4.74 Å². The molecule has 3 aromatic rings. The first-order valence-corrected chi connectivity index (χ1v) is 6.98. The normalized spacial score (nSPS) is 10.6. The molecule has 3 nitrogen and oxygen atoms in total. The van der Waals surface area contributed by atoms with Gasteiger partial charge in [-0.1, -0.05) is 42.5 Å². The maximum atomic E-state index is 12.3. The number of pyridine rings is 1. The van der Waals surface area contributed by atoms with Crippen molar-refractivity contribution in [2.75, 3.05) is 6.86 Å². The summed E-state index contributed by atoms with van der Waals surface area (Å²) >= 11 is 0. The van der Waals surface area contributed by atoms with Gasteiger partial charge in [0.15, 0.2) is 6.54 Å². The molecule has 0 radical (unpaired) electrons. The van der Waals surface area contributed by atoms with E-state index in [9.17, 15) is 9.18 Å². The average Bonchev–Trinajstić information content (AvgIpc) is 2.56. The van der Waals surface area contributed by atoms with Crippen molar-refractivity contribution in [3.8, 4) is 0 Å². The van der Waals surface area contributed by atoms with Crippen LogP contribution >= 0.6 is 0 Å². The van der Waals surface area contributed by atoms with E-state index < -0.39 is 12.8 Å². The van der Waals surface area contributed by atoms with Gasteiger partial charge in [-0.25, -0.2) is 9.18 Å². The van der Waals surface area contributed by atoms with Crippen molar-refractivity contribution in [3.05, 3.63) is 78.0 Å². The fraction of sp³-hybridized carbons (Fsp3) is 0.111. The highest BCUT2D eigenvalue weighted by Crippen LogP contribution is 2.12. The summed E-state index contributed by atoms with van der Waals surface area (Å²) in [7, 11) is 0. The summed E-state index contributed by atoms with van der Waals surface area (Å²) in [5.41, 5.74) is 2.29. The molecular weight excluding hydrogens is 281 g/mol. The van der Waals surface area contributed by atoms with Gasteiger partial charge in [-0.2, -0.15) is 4.57 Å². The Labute approximate surface area is 127 Å². The summed E-state index contributed by atoms with van der Waals surface area (Å²) in [5, 5.41) is 1.01. The predicted octanol–water partition coefficient (Wildman–Crippen LogP) is 3.26. The van der Waals surface area contributed by atoms with Crippen LogP contribution in [0.15, 0.2) is 66.7 Å². The fourth-order valence-electron chi connectivity index (χ4n) is 2.50. The van der Waals surface area contributed by atoms with Gasteiger partial charge in [-0.15, -0.1) is 0 Å². The van der Waals surface area contributed by atoms with Crippen LogP contribution in [0.4, 0.5) is 4.39 Å². The Morgan fingerprint density at radius 3 is 2.45 bits per heavy atom. The van der Waals surface area contributed by atoms with Crippen LogP contribution in [-0.4, -0.2) is 12.8 Å². The molecule has 0 fully saturated rings. The Kier molecular flexibility index (Phi) is 4.10. The second-order valence-electron chi connectivity index (χ2n) is 4.89. The first kappa shape index (κ1) is 14.2. The van der Waals surface area contributed by atoms with Crippen molar-refractivity contribution in [3.63, 3.8) is 0 Å². The second kappa shape index (κ2) is 6.35. The molecule has 4 heteroatoms. The molecule has 0 aliphatic carbocycles. The van der Waals surface area contributed by atoms with Crippen molar-refractivity contribution in [2.24, 2.45) is 0 Å². The van der Waals surface area contributed by atoms with Gasteiger partial charge < -0.3 is 4.74 Å². The molecule has 22 heavy (non-hydrogen) atoms. The van der Waals surface area contributed by atoms with E-state index in [1.165, 1.54) is 0 Å². The van der Waals surface area contributed by atoms with Crippen LogP contribution in [0.3, 0.4) is 0 Å². The number of alkyl halides is 1. The number of hydrogen-bond donors (Lipinski definition) is 0. The van der Waals surface area contributed by atoms with E-state index in [-0.39, 0.29) is 0 Å². The van der Waals surface area contributed by atoms with Crippen molar-refractivity contribution in [1.82, 2.24) is 0 Å². The lowest BCUT2D eigenvalue weighted by atomic mass is 10.1. The Balaban J connectivity index is 2.14. The van der Waals surface area contributed by atoms with E-state index >= 15 is 0 Å². The van der Waals surface area contributed by atoms with Crippen LogP contribution < -0.4 is 4.57 Å². The molecule has 0 atom stereocenters. The lowest BCUT2D eigenvalue weighted by Crippen LogP contribution is -2.42. The first-order valence-electron chi connectivity index (χ1n) is 6.98. The average molecular weight is 296 g/mol. The molecule has 0 N–H and O–H groups in total. The fourth-order valence-corrected chi connectivity index (χ4v) is 2.50. The third-order valence-corrected chi connectivity index (χ3v) is 3.52. The summed E-state index contributed by atoms with van der Waals surface area (Å²) in [5.74, 6) is -0.663. The quantitative estimate of drug-likeness (QED) is 0.546. The van der Waals surface area contributed by atoms with Gasteiger partial charge in [0, 0.05) is 23.1 Å². The van der Waals surface area contributed by atoms with Gasteiger partial charge in [0.05, 0.1) is 0 Å². The van der Waals surface area contributed by atoms with E-state index in [4.69, 9.17) is 0 Å². The van der Waals surface area contributed by atoms with Gasteiger partial charge in [0.25, 0.3) is 5.69 Å². The Morgan fingerprint density at radius 2 is 1.68 bits per heavy atom. The minimum atomic E-state index is -1.13. The molecule has 0 bridgehead atoms. The highest BCUT2D eigenvalue weighted by Gasteiger charge is 2.23. The minimum absolute atomic E-state index is 0.334. The van der Waals surface area contributed by atoms with Gasteiger partial charge in [-0.3, -0.25) is 0 Å². The monoisotopic (exact) mass is 296 g/mol. The molecule has 0 saturated carbocycles. The number of carbonyl (C=O) groups excluding carboxylic acids is 1. The van der Waals surface area contributed by atoms with Crippen LogP contribution in [0.1, 0.15) is 16.1 Å². The molecule has 2 aromatic carbocycles. The summed E-state index contributed by atoms with van der Waals surface area (Å²) in [6, 6.07) is 21.1. The van der Waals surface area contributed by atoms with Gasteiger partial charge in [-0.05, 0) is 12.1 Å². The molecule has 0 unspecified atom stereocenters. The van der Waals surface area contributed by atoms with Crippen molar-refractivity contribution < 1.29 is 18.5 Å². The Hall–Kier alpha value is -2.75. The van der Waals surface area contributed by atoms with Gasteiger partial charge in [0.2, 0.25) is 12.4 Å². The molecule has 3 rings (SSSR count). The minimum Gasteiger partial charge on any atom is -0.426 e. The van der Waals surface area contributed by atoms with Gasteiger partial charge in [0.1, 0.15) is 0 Å². The van der Waals surface area contributed by atoms with Crippen LogP contribution in [0.25, 0.3) is 10.9 Å². The number of esters is 1. The number of rotatable bonds is 4.